The van der Waals surface area contributed by atoms with Crippen molar-refractivity contribution in [2.45, 2.75) is 47.6 Å². The van der Waals surface area contributed by atoms with Crippen LogP contribution in [0.15, 0.2) is 42.7 Å². The number of Topliss-reactive ketones (excluding diaryl/α,β-unsaturated/α-hetero) is 1. The van der Waals surface area contributed by atoms with Gasteiger partial charge in [0.2, 0.25) is 0 Å². The van der Waals surface area contributed by atoms with Crippen LogP contribution in [0.5, 0.6) is 11.5 Å². The molecule has 0 radical (unpaired) electrons. The SMILES string of the molecule is CO.Cc1cc(C=O)ccc1-c1cnc(COc2ccc(C(=O)CC(C)(C)C)c(O)c2C)cn1. The molecule has 0 bridgehead atoms. The first kappa shape index (κ1) is 26.7. The molecule has 34 heavy (non-hydrogen) atoms. The van der Waals surface area contributed by atoms with Gasteiger partial charge >= 0.3 is 0 Å². The molecule has 0 unspecified atom stereocenters. The third-order valence-corrected chi connectivity index (χ3v) is 5.12. The number of aldehydes is 1. The van der Waals surface area contributed by atoms with E-state index in [2.05, 4.69) is 9.97 Å². The van der Waals surface area contributed by atoms with Crippen LogP contribution < -0.4 is 4.74 Å². The first-order chi connectivity index (χ1) is 16.1. The van der Waals surface area contributed by atoms with Crippen molar-refractivity contribution >= 4 is 12.1 Å². The van der Waals surface area contributed by atoms with Crippen LogP contribution in [0.2, 0.25) is 0 Å². The highest BCUT2D eigenvalue weighted by molar-refractivity contribution is 5.99. The van der Waals surface area contributed by atoms with Crippen LogP contribution >= 0.6 is 0 Å². The monoisotopic (exact) mass is 464 g/mol. The highest BCUT2D eigenvalue weighted by Gasteiger charge is 2.21. The third kappa shape index (κ3) is 6.71. The van der Waals surface area contributed by atoms with Crippen LogP contribution in [0.1, 0.15) is 64.7 Å². The Morgan fingerprint density at radius 3 is 2.32 bits per heavy atom. The Kier molecular flexibility index (Phi) is 9.04. The lowest BCUT2D eigenvalue weighted by molar-refractivity contribution is 0.0936. The van der Waals surface area contributed by atoms with E-state index < -0.39 is 0 Å². The standard InChI is InChI=1S/C26H28N2O4.CH4O/c1-16-10-18(14-29)6-7-20(16)22-13-27-19(12-28-22)15-32-24-9-8-21(25(31)17(24)2)23(30)11-26(3,4)5;1-2/h6-10,12-14,31H,11,15H2,1-5H3;2H,1H3. The molecule has 1 aromatic heterocycles. The summed E-state index contributed by atoms with van der Waals surface area (Å²) in [4.78, 5) is 32.3. The molecule has 0 fully saturated rings. The molecule has 180 valence electrons. The van der Waals surface area contributed by atoms with E-state index in [9.17, 15) is 14.7 Å². The van der Waals surface area contributed by atoms with Crippen LogP contribution in [0.3, 0.4) is 0 Å². The number of ether oxygens (including phenoxy) is 1. The van der Waals surface area contributed by atoms with E-state index in [0.717, 1.165) is 24.5 Å². The number of ketones is 1. The molecule has 0 aliphatic rings. The van der Waals surface area contributed by atoms with Gasteiger partial charge in [-0.2, -0.15) is 0 Å². The van der Waals surface area contributed by atoms with Gasteiger partial charge in [0.05, 0.1) is 29.3 Å². The Bertz CT molecular complexity index is 1150. The number of aromatic hydroxyl groups is 1. The first-order valence-corrected chi connectivity index (χ1v) is 10.9. The van der Waals surface area contributed by atoms with Gasteiger partial charge in [-0.1, -0.05) is 32.9 Å². The molecular weight excluding hydrogens is 432 g/mol. The number of aryl methyl sites for hydroxylation is 1. The molecule has 0 saturated heterocycles. The number of aromatic nitrogens is 2. The number of nitrogens with zero attached hydrogens (tertiary/aromatic N) is 2. The normalized spacial score (nSPS) is 10.8. The van der Waals surface area contributed by atoms with Crippen LogP contribution in [-0.2, 0) is 6.61 Å². The van der Waals surface area contributed by atoms with Gasteiger partial charge in [-0.15, -0.1) is 0 Å². The van der Waals surface area contributed by atoms with Gasteiger partial charge in [-0.05, 0) is 43.0 Å². The zero-order valence-electron chi connectivity index (χ0n) is 20.5. The topological polar surface area (TPSA) is 110 Å². The van der Waals surface area contributed by atoms with Gasteiger partial charge in [-0.25, -0.2) is 0 Å². The van der Waals surface area contributed by atoms with Crippen LogP contribution in [0.25, 0.3) is 11.3 Å². The smallest absolute Gasteiger partial charge is 0.167 e. The first-order valence-electron chi connectivity index (χ1n) is 10.9. The number of rotatable bonds is 7. The van der Waals surface area contributed by atoms with Crippen molar-refractivity contribution in [2.24, 2.45) is 5.41 Å². The maximum absolute atomic E-state index is 12.5. The van der Waals surface area contributed by atoms with Gasteiger partial charge in [0.25, 0.3) is 0 Å². The number of benzene rings is 2. The zero-order valence-corrected chi connectivity index (χ0v) is 20.5. The largest absolute Gasteiger partial charge is 0.507 e. The molecular formula is C27H32N2O5. The summed E-state index contributed by atoms with van der Waals surface area (Å²) in [7, 11) is 1.00. The molecule has 0 aliphatic heterocycles. The molecule has 1 heterocycles. The predicted molar refractivity (Wildman–Crippen MR) is 131 cm³/mol. The quantitative estimate of drug-likeness (QED) is 0.370. The summed E-state index contributed by atoms with van der Waals surface area (Å²) in [6, 6.07) is 8.72. The zero-order chi connectivity index (χ0) is 25.5. The number of hydrogen-bond acceptors (Lipinski definition) is 7. The predicted octanol–water partition coefficient (Wildman–Crippen LogP) is 5.08. The molecule has 2 N–H and O–H groups in total. The van der Waals surface area contributed by atoms with Gasteiger partial charge in [0.15, 0.2) is 5.78 Å². The lowest BCUT2D eigenvalue weighted by Crippen LogP contribution is -2.13. The minimum absolute atomic E-state index is 0.0487. The fraction of sp³-hybridized carbons (Fsp3) is 0.333. The van der Waals surface area contributed by atoms with Crippen molar-refractivity contribution in [3.8, 4) is 22.8 Å². The molecule has 0 saturated carbocycles. The van der Waals surface area contributed by atoms with Gasteiger partial charge in [0.1, 0.15) is 24.4 Å². The number of aliphatic hydroxyl groups is 1. The van der Waals surface area contributed by atoms with Crippen molar-refractivity contribution in [3.63, 3.8) is 0 Å². The third-order valence-electron chi connectivity index (χ3n) is 5.12. The molecule has 0 aliphatic carbocycles. The highest BCUT2D eigenvalue weighted by Crippen LogP contribution is 2.33. The second-order valence-electron chi connectivity index (χ2n) is 9.12. The van der Waals surface area contributed by atoms with Crippen LogP contribution in [0, 0.1) is 19.3 Å². The van der Waals surface area contributed by atoms with Crippen molar-refractivity contribution in [1.29, 1.82) is 0 Å². The Balaban J connectivity index is 0.00000199. The van der Waals surface area contributed by atoms with Gasteiger partial charge < -0.3 is 14.9 Å². The van der Waals surface area contributed by atoms with E-state index >= 15 is 0 Å². The minimum atomic E-state index is -0.160. The summed E-state index contributed by atoms with van der Waals surface area (Å²) in [5.74, 6) is 0.344. The average Bonchev–Trinajstić information content (AvgIpc) is 2.80. The summed E-state index contributed by atoms with van der Waals surface area (Å²) in [6.07, 6.45) is 4.47. The maximum Gasteiger partial charge on any atom is 0.167 e. The number of phenolic OH excluding ortho intramolecular Hbond substituents is 1. The van der Waals surface area contributed by atoms with Crippen molar-refractivity contribution in [2.75, 3.05) is 7.11 Å². The number of aliphatic hydroxyl groups excluding tert-OH is 1. The van der Waals surface area contributed by atoms with E-state index in [4.69, 9.17) is 9.84 Å². The summed E-state index contributed by atoms with van der Waals surface area (Å²) in [6.45, 7) is 9.78. The van der Waals surface area contributed by atoms with E-state index in [1.165, 1.54) is 0 Å². The maximum atomic E-state index is 12.5. The molecule has 2 aromatic carbocycles. The van der Waals surface area contributed by atoms with Crippen LogP contribution in [0.4, 0.5) is 0 Å². The average molecular weight is 465 g/mol. The number of carbonyl (C=O) groups excluding carboxylic acids is 2. The second kappa shape index (κ2) is 11.5. The van der Waals surface area contributed by atoms with E-state index in [1.54, 1.807) is 37.5 Å². The van der Waals surface area contributed by atoms with Crippen molar-refractivity contribution in [3.05, 3.63) is 70.7 Å². The Morgan fingerprint density at radius 1 is 1.06 bits per heavy atom. The fourth-order valence-corrected chi connectivity index (χ4v) is 3.41. The Labute approximate surface area is 200 Å². The highest BCUT2D eigenvalue weighted by atomic mass is 16.5. The van der Waals surface area contributed by atoms with Crippen molar-refractivity contribution in [1.82, 2.24) is 9.97 Å². The van der Waals surface area contributed by atoms with E-state index in [1.807, 2.05) is 39.8 Å². The minimum Gasteiger partial charge on any atom is -0.507 e. The Morgan fingerprint density at radius 2 is 1.76 bits per heavy atom. The molecule has 0 atom stereocenters. The summed E-state index contributed by atoms with van der Waals surface area (Å²) in [5, 5.41) is 17.5. The van der Waals surface area contributed by atoms with E-state index in [0.29, 0.717) is 40.2 Å². The molecule has 7 heteroatoms. The number of carbonyl (C=O) groups is 2. The Hall–Kier alpha value is -3.58. The molecule has 7 nitrogen and oxygen atoms in total. The second-order valence-corrected chi connectivity index (χ2v) is 9.12. The summed E-state index contributed by atoms with van der Waals surface area (Å²) in [5.41, 5.74) is 4.47. The number of phenols is 1. The lowest BCUT2D eigenvalue weighted by Gasteiger charge is -2.18. The molecule has 3 rings (SSSR count). The van der Waals surface area contributed by atoms with E-state index in [-0.39, 0.29) is 23.6 Å². The summed E-state index contributed by atoms with van der Waals surface area (Å²) >= 11 is 0. The van der Waals surface area contributed by atoms with Gasteiger partial charge in [-0.3, -0.25) is 19.6 Å². The van der Waals surface area contributed by atoms with Gasteiger partial charge in [0, 0.05) is 30.2 Å². The summed E-state index contributed by atoms with van der Waals surface area (Å²) < 4.78 is 5.83. The molecule has 3 aromatic rings. The fourth-order valence-electron chi connectivity index (χ4n) is 3.41. The van der Waals surface area contributed by atoms with Crippen LogP contribution in [-0.4, -0.2) is 39.4 Å². The molecule has 0 amide bonds. The van der Waals surface area contributed by atoms with Crippen molar-refractivity contribution < 1.29 is 24.5 Å². The molecule has 0 spiro atoms. The number of hydrogen-bond donors (Lipinski definition) is 2. The lowest BCUT2D eigenvalue weighted by atomic mass is 9.87.